The molecule has 1 heterocycles. The van der Waals surface area contributed by atoms with Gasteiger partial charge in [-0.05, 0) is 30.2 Å². The number of benzene rings is 1. The van der Waals surface area contributed by atoms with E-state index in [4.69, 9.17) is 5.26 Å². The molecule has 2 aromatic rings. The molecule has 0 amide bonds. The maximum absolute atomic E-state index is 12.9. The molecular formula is C13H13FN4. The van der Waals surface area contributed by atoms with Crippen molar-refractivity contribution in [3.63, 3.8) is 0 Å². The van der Waals surface area contributed by atoms with Crippen molar-refractivity contribution in [3.8, 4) is 17.3 Å². The summed E-state index contributed by atoms with van der Waals surface area (Å²) in [7, 11) is 0. The predicted molar refractivity (Wildman–Crippen MR) is 65.0 cm³/mol. The van der Waals surface area contributed by atoms with E-state index in [0.717, 1.165) is 5.56 Å². The number of halogens is 1. The van der Waals surface area contributed by atoms with Crippen molar-refractivity contribution in [1.82, 2.24) is 15.0 Å². The van der Waals surface area contributed by atoms with Gasteiger partial charge in [-0.15, -0.1) is 5.10 Å². The Morgan fingerprint density at radius 1 is 1.33 bits per heavy atom. The highest BCUT2D eigenvalue weighted by molar-refractivity contribution is 5.64. The molecule has 0 bridgehead atoms. The fraction of sp³-hybridized carbons (Fsp3) is 0.308. The van der Waals surface area contributed by atoms with Gasteiger partial charge in [-0.2, -0.15) is 5.26 Å². The third kappa shape index (κ3) is 2.38. The molecule has 0 N–H and O–H groups in total. The van der Waals surface area contributed by atoms with Gasteiger partial charge in [0.15, 0.2) is 5.69 Å². The van der Waals surface area contributed by atoms with Gasteiger partial charge in [0, 0.05) is 12.1 Å². The highest BCUT2D eigenvalue weighted by Crippen LogP contribution is 2.22. The average molecular weight is 244 g/mol. The molecule has 0 unspecified atom stereocenters. The maximum Gasteiger partial charge on any atom is 0.190 e. The zero-order chi connectivity index (χ0) is 13.1. The number of rotatable bonds is 3. The number of nitrogens with zero attached hydrogens (tertiary/aromatic N) is 4. The van der Waals surface area contributed by atoms with Crippen LogP contribution in [0.2, 0.25) is 0 Å². The second kappa shape index (κ2) is 4.96. The minimum atomic E-state index is -0.305. The summed E-state index contributed by atoms with van der Waals surface area (Å²) in [6.45, 7) is 4.78. The molecule has 2 rings (SSSR count). The van der Waals surface area contributed by atoms with Crippen LogP contribution in [0.4, 0.5) is 4.39 Å². The normalized spacial score (nSPS) is 10.6. The lowest BCUT2D eigenvalue weighted by molar-refractivity contribution is 0.475. The van der Waals surface area contributed by atoms with E-state index < -0.39 is 0 Å². The van der Waals surface area contributed by atoms with Crippen LogP contribution >= 0.6 is 0 Å². The van der Waals surface area contributed by atoms with Crippen molar-refractivity contribution in [2.24, 2.45) is 5.92 Å². The Balaban J connectivity index is 2.50. The fourth-order valence-electron chi connectivity index (χ4n) is 1.76. The summed E-state index contributed by atoms with van der Waals surface area (Å²) < 4.78 is 14.6. The lowest BCUT2D eigenvalue weighted by Gasteiger charge is -2.08. The molecule has 18 heavy (non-hydrogen) atoms. The van der Waals surface area contributed by atoms with E-state index in [-0.39, 0.29) is 11.5 Å². The number of aromatic nitrogens is 3. The van der Waals surface area contributed by atoms with Gasteiger partial charge in [-0.25, -0.2) is 9.07 Å². The largest absolute Gasteiger partial charge is 0.243 e. The van der Waals surface area contributed by atoms with Gasteiger partial charge in [-0.1, -0.05) is 19.1 Å². The van der Waals surface area contributed by atoms with E-state index in [1.165, 1.54) is 12.1 Å². The second-order valence-electron chi connectivity index (χ2n) is 4.48. The first-order valence-corrected chi connectivity index (χ1v) is 5.71. The van der Waals surface area contributed by atoms with E-state index in [1.807, 2.05) is 6.07 Å². The third-order valence-electron chi connectivity index (χ3n) is 2.50. The van der Waals surface area contributed by atoms with E-state index in [0.29, 0.717) is 18.2 Å². The molecule has 0 fully saturated rings. The molecule has 5 heteroatoms. The Bertz CT molecular complexity index is 578. The van der Waals surface area contributed by atoms with Gasteiger partial charge < -0.3 is 0 Å². The number of nitriles is 1. The zero-order valence-electron chi connectivity index (χ0n) is 10.3. The van der Waals surface area contributed by atoms with E-state index >= 15 is 0 Å². The van der Waals surface area contributed by atoms with Crippen molar-refractivity contribution in [1.29, 1.82) is 5.26 Å². The minimum Gasteiger partial charge on any atom is -0.243 e. The third-order valence-corrected chi connectivity index (χ3v) is 2.50. The molecule has 0 aliphatic carbocycles. The zero-order valence-corrected chi connectivity index (χ0v) is 10.3. The first kappa shape index (κ1) is 12.2. The molecule has 0 saturated heterocycles. The molecule has 4 nitrogen and oxygen atoms in total. The van der Waals surface area contributed by atoms with Gasteiger partial charge in [-0.3, -0.25) is 0 Å². The van der Waals surface area contributed by atoms with E-state index in [9.17, 15) is 4.39 Å². The van der Waals surface area contributed by atoms with Crippen LogP contribution in [0.15, 0.2) is 24.3 Å². The van der Waals surface area contributed by atoms with E-state index in [1.54, 1.807) is 16.8 Å². The lowest BCUT2D eigenvalue weighted by Crippen LogP contribution is -2.08. The van der Waals surface area contributed by atoms with Gasteiger partial charge in [0.2, 0.25) is 0 Å². The highest BCUT2D eigenvalue weighted by atomic mass is 19.1. The minimum absolute atomic E-state index is 0.266. The average Bonchev–Trinajstić information content (AvgIpc) is 2.72. The van der Waals surface area contributed by atoms with Crippen molar-refractivity contribution in [2.45, 2.75) is 20.4 Å². The maximum atomic E-state index is 12.9. The molecular weight excluding hydrogens is 231 g/mol. The number of hydrogen-bond acceptors (Lipinski definition) is 3. The van der Waals surface area contributed by atoms with Crippen molar-refractivity contribution in [3.05, 3.63) is 35.8 Å². The van der Waals surface area contributed by atoms with Crippen molar-refractivity contribution in [2.75, 3.05) is 0 Å². The van der Waals surface area contributed by atoms with Crippen LogP contribution in [0.3, 0.4) is 0 Å². The Morgan fingerprint density at radius 2 is 2.00 bits per heavy atom. The van der Waals surface area contributed by atoms with Crippen LogP contribution < -0.4 is 0 Å². The molecule has 1 aromatic heterocycles. The topological polar surface area (TPSA) is 54.5 Å². The highest BCUT2D eigenvalue weighted by Gasteiger charge is 2.15. The lowest BCUT2D eigenvalue weighted by atomic mass is 10.1. The van der Waals surface area contributed by atoms with Crippen LogP contribution in [0.5, 0.6) is 0 Å². The summed E-state index contributed by atoms with van der Waals surface area (Å²) >= 11 is 0. The summed E-state index contributed by atoms with van der Waals surface area (Å²) in [6, 6.07) is 8.00. The molecule has 92 valence electrons. The Labute approximate surface area is 105 Å². The molecule has 1 aromatic carbocycles. The summed E-state index contributed by atoms with van der Waals surface area (Å²) in [5.74, 6) is 0.0811. The smallest absolute Gasteiger partial charge is 0.190 e. The predicted octanol–water partition coefficient (Wildman–Crippen LogP) is 2.61. The number of hydrogen-bond donors (Lipinski definition) is 0. The monoisotopic (exact) mass is 244 g/mol. The van der Waals surface area contributed by atoms with Gasteiger partial charge >= 0.3 is 0 Å². The summed E-state index contributed by atoms with van der Waals surface area (Å²) in [6.07, 6.45) is 0. The first-order valence-electron chi connectivity index (χ1n) is 5.71. The fourth-order valence-corrected chi connectivity index (χ4v) is 1.76. The first-order chi connectivity index (χ1) is 8.61. The summed E-state index contributed by atoms with van der Waals surface area (Å²) in [5.41, 5.74) is 1.66. The summed E-state index contributed by atoms with van der Waals surface area (Å²) in [5, 5.41) is 16.9. The molecule has 0 aliphatic heterocycles. The van der Waals surface area contributed by atoms with Crippen LogP contribution in [-0.2, 0) is 6.54 Å². The molecule has 0 saturated carbocycles. The Kier molecular flexibility index (Phi) is 3.38. The molecule has 0 aliphatic rings. The second-order valence-corrected chi connectivity index (χ2v) is 4.48. The van der Waals surface area contributed by atoms with E-state index in [2.05, 4.69) is 24.2 Å². The SMILES string of the molecule is CC(C)Cn1nnc(C#N)c1-c1ccc(F)cc1. The molecule has 0 spiro atoms. The Hall–Kier alpha value is -2.22. The standard InChI is InChI=1S/C13H13FN4/c1-9(2)8-18-13(12(7-15)16-17-18)10-3-5-11(14)6-4-10/h3-6,9H,8H2,1-2H3. The van der Waals surface area contributed by atoms with Crippen LogP contribution in [0.1, 0.15) is 19.5 Å². The molecule has 0 atom stereocenters. The van der Waals surface area contributed by atoms with Gasteiger partial charge in [0.05, 0.1) is 0 Å². The van der Waals surface area contributed by atoms with Crippen molar-refractivity contribution >= 4 is 0 Å². The van der Waals surface area contributed by atoms with Gasteiger partial charge in [0.25, 0.3) is 0 Å². The Morgan fingerprint density at radius 3 is 2.56 bits per heavy atom. The van der Waals surface area contributed by atoms with Gasteiger partial charge in [0.1, 0.15) is 17.6 Å². The molecule has 0 radical (unpaired) electrons. The quantitative estimate of drug-likeness (QED) is 0.833. The van der Waals surface area contributed by atoms with Crippen LogP contribution in [0, 0.1) is 23.1 Å². The van der Waals surface area contributed by atoms with Crippen LogP contribution in [-0.4, -0.2) is 15.0 Å². The van der Waals surface area contributed by atoms with Crippen LogP contribution in [0.25, 0.3) is 11.3 Å². The summed E-state index contributed by atoms with van der Waals surface area (Å²) in [4.78, 5) is 0. The van der Waals surface area contributed by atoms with Crippen molar-refractivity contribution < 1.29 is 4.39 Å².